The van der Waals surface area contributed by atoms with Crippen molar-refractivity contribution in [2.75, 3.05) is 19.7 Å². The first-order valence-electron chi connectivity index (χ1n) is 3.97. The van der Waals surface area contributed by atoms with Crippen LogP contribution in [0.1, 0.15) is 12.8 Å². The fourth-order valence-corrected chi connectivity index (χ4v) is 1.11. The number of halogens is 3. The molecule has 2 nitrogen and oxygen atoms in total. The van der Waals surface area contributed by atoms with E-state index in [1.807, 2.05) is 0 Å². The highest BCUT2D eigenvalue weighted by Gasteiger charge is 2.27. The van der Waals surface area contributed by atoms with Gasteiger partial charge in [0.05, 0.1) is 19.1 Å². The molecule has 1 atom stereocenters. The summed E-state index contributed by atoms with van der Waals surface area (Å²) in [6, 6.07) is 0. The molecule has 0 unspecified atom stereocenters. The summed E-state index contributed by atoms with van der Waals surface area (Å²) < 4.78 is 39.9. The lowest BCUT2D eigenvalue weighted by Crippen LogP contribution is -2.20. The summed E-state index contributed by atoms with van der Waals surface area (Å²) in [4.78, 5) is 0. The SMILES string of the molecule is FC(F)(F)CCO[C@H]1CCNC1. The molecule has 0 radical (unpaired) electrons. The van der Waals surface area contributed by atoms with Crippen LogP contribution in [0.15, 0.2) is 0 Å². The van der Waals surface area contributed by atoms with E-state index in [4.69, 9.17) is 4.74 Å². The van der Waals surface area contributed by atoms with Gasteiger partial charge in [-0.3, -0.25) is 0 Å². The van der Waals surface area contributed by atoms with Crippen LogP contribution in [0, 0.1) is 0 Å². The van der Waals surface area contributed by atoms with E-state index >= 15 is 0 Å². The standard InChI is InChI=1S/C7H12F3NO/c8-7(9,10)2-4-12-6-1-3-11-5-6/h6,11H,1-5H2/t6-/m0/s1. The van der Waals surface area contributed by atoms with E-state index in [2.05, 4.69) is 5.32 Å². The van der Waals surface area contributed by atoms with E-state index in [-0.39, 0.29) is 12.7 Å². The zero-order valence-corrected chi connectivity index (χ0v) is 6.66. The summed E-state index contributed by atoms with van der Waals surface area (Å²) in [5.41, 5.74) is 0. The van der Waals surface area contributed by atoms with Gasteiger partial charge in [-0.05, 0) is 13.0 Å². The molecule has 0 aromatic rings. The molecule has 0 saturated carbocycles. The van der Waals surface area contributed by atoms with Crippen molar-refractivity contribution in [3.05, 3.63) is 0 Å². The maximum absolute atomic E-state index is 11.6. The Morgan fingerprint density at radius 2 is 2.17 bits per heavy atom. The first-order chi connectivity index (χ1) is 5.58. The smallest absolute Gasteiger partial charge is 0.376 e. The molecule has 0 aromatic carbocycles. The molecule has 0 spiro atoms. The van der Waals surface area contributed by atoms with Crippen molar-refractivity contribution in [1.29, 1.82) is 0 Å². The van der Waals surface area contributed by atoms with Crippen molar-refractivity contribution < 1.29 is 17.9 Å². The fraction of sp³-hybridized carbons (Fsp3) is 1.00. The molecule has 1 aliphatic heterocycles. The third-order valence-electron chi connectivity index (χ3n) is 1.75. The van der Waals surface area contributed by atoms with Crippen LogP contribution in [0.25, 0.3) is 0 Å². The Hall–Kier alpha value is -0.290. The molecule has 0 aromatic heterocycles. The second-order valence-electron chi connectivity index (χ2n) is 2.85. The van der Waals surface area contributed by atoms with Gasteiger partial charge < -0.3 is 10.1 Å². The van der Waals surface area contributed by atoms with Crippen molar-refractivity contribution in [3.8, 4) is 0 Å². The molecule has 0 aliphatic carbocycles. The lowest BCUT2D eigenvalue weighted by Gasteiger charge is -2.11. The molecular formula is C7H12F3NO. The third kappa shape index (κ3) is 3.92. The van der Waals surface area contributed by atoms with Crippen LogP contribution in [0.2, 0.25) is 0 Å². The monoisotopic (exact) mass is 183 g/mol. The molecule has 12 heavy (non-hydrogen) atoms. The van der Waals surface area contributed by atoms with Crippen LogP contribution >= 0.6 is 0 Å². The van der Waals surface area contributed by atoms with Crippen molar-refractivity contribution >= 4 is 0 Å². The Balaban J connectivity index is 2.02. The summed E-state index contributed by atoms with van der Waals surface area (Å²) in [6.07, 6.45) is -4.14. The first-order valence-corrected chi connectivity index (χ1v) is 3.97. The molecule has 1 rings (SSSR count). The summed E-state index contributed by atoms with van der Waals surface area (Å²) in [5, 5.41) is 3.01. The first kappa shape index (κ1) is 9.80. The Bertz CT molecular complexity index is 131. The minimum absolute atomic E-state index is 0.0210. The highest BCUT2D eigenvalue weighted by molar-refractivity contribution is 4.70. The van der Waals surface area contributed by atoms with Gasteiger partial charge in [-0.1, -0.05) is 0 Å². The molecule has 5 heteroatoms. The van der Waals surface area contributed by atoms with Gasteiger partial charge >= 0.3 is 6.18 Å². The van der Waals surface area contributed by atoms with E-state index in [0.717, 1.165) is 13.0 Å². The molecule has 1 fully saturated rings. The summed E-state index contributed by atoms with van der Waals surface area (Å²) in [6.45, 7) is 1.31. The molecule has 1 aliphatic rings. The van der Waals surface area contributed by atoms with Crippen LogP contribution in [0.4, 0.5) is 13.2 Å². The summed E-state index contributed by atoms with van der Waals surface area (Å²) in [7, 11) is 0. The highest BCUT2D eigenvalue weighted by atomic mass is 19.4. The quantitative estimate of drug-likeness (QED) is 0.712. The number of hydrogen-bond donors (Lipinski definition) is 1. The van der Waals surface area contributed by atoms with Crippen LogP contribution in [0.3, 0.4) is 0 Å². The minimum atomic E-state index is -4.09. The number of nitrogens with one attached hydrogen (secondary N) is 1. The zero-order valence-electron chi connectivity index (χ0n) is 6.66. The van der Waals surface area contributed by atoms with E-state index in [1.54, 1.807) is 0 Å². The molecule has 1 saturated heterocycles. The largest absolute Gasteiger partial charge is 0.391 e. The average Bonchev–Trinajstić information content (AvgIpc) is 2.36. The average molecular weight is 183 g/mol. The van der Waals surface area contributed by atoms with Gasteiger partial charge in [0.25, 0.3) is 0 Å². The molecular weight excluding hydrogens is 171 g/mol. The number of rotatable bonds is 3. The van der Waals surface area contributed by atoms with Gasteiger partial charge in [0.15, 0.2) is 0 Å². The highest BCUT2D eigenvalue weighted by Crippen LogP contribution is 2.19. The normalized spacial score (nSPS) is 24.8. The van der Waals surface area contributed by atoms with E-state index < -0.39 is 12.6 Å². The Morgan fingerprint density at radius 1 is 1.42 bits per heavy atom. The van der Waals surface area contributed by atoms with Gasteiger partial charge in [-0.25, -0.2) is 0 Å². The maximum Gasteiger partial charge on any atom is 0.391 e. The van der Waals surface area contributed by atoms with Crippen LogP contribution < -0.4 is 5.32 Å². The van der Waals surface area contributed by atoms with E-state index in [0.29, 0.717) is 6.54 Å². The molecule has 0 amide bonds. The zero-order chi connectivity index (χ0) is 9.03. The van der Waals surface area contributed by atoms with Crippen molar-refractivity contribution in [2.45, 2.75) is 25.1 Å². The van der Waals surface area contributed by atoms with Gasteiger partial charge in [-0.15, -0.1) is 0 Å². The second-order valence-corrected chi connectivity index (χ2v) is 2.85. The lowest BCUT2D eigenvalue weighted by molar-refractivity contribution is -0.148. The van der Waals surface area contributed by atoms with Crippen molar-refractivity contribution in [2.24, 2.45) is 0 Å². The lowest BCUT2D eigenvalue weighted by atomic mass is 10.3. The van der Waals surface area contributed by atoms with Crippen molar-refractivity contribution in [3.63, 3.8) is 0 Å². The van der Waals surface area contributed by atoms with Gasteiger partial charge in [0.1, 0.15) is 0 Å². The maximum atomic E-state index is 11.6. The van der Waals surface area contributed by atoms with E-state index in [9.17, 15) is 13.2 Å². The Morgan fingerprint density at radius 3 is 2.67 bits per heavy atom. The second kappa shape index (κ2) is 4.09. The van der Waals surface area contributed by atoms with E-state index in [1.165, 1.54) is 0 Å². The molecule has 1 N–H and O–H groups in total. The summed E-state index contributed by atoms with van der Waals surface area (Å²) >= 11 is 0. The van der Waals surface area contributed by atoms with Crippen molar-refractivity contribution in [1.82, 2.24) is 5.32 Å². The molecule has 72 valence electrons. The third-order valence-corrected chi connectivity index (χ3v) is 1.75. The number of alkyl halides is 3. The topological polar surface area (TPSA) is 21.3 Å². The van der Waals surface area contributed by atoms with Gasteiger partial charge in [-0.2, -0.15) is 13.2 Å². The molecule has 1 heterocycles. The number of ether oxygens (including phenoxy) is 1. The Kier molecular flexibility index (Phi) is 3.34. The summed E-state index contributed by atoms with van der Waals surface area (Å²) in [5.74, 6) is 0. The predicted octanol–water partition coefficient (Wildman–Crippen LogP) is 1.32. The van der Waals surface area contributed by atoms with Crippen LogP contribution in [0.5, 0.6) is 0 Å². The van der Waals surface area contributed by atoms with Crippen LogP contribution in [-0.4, -0.2) is 32.0 Å². The van der Waals surface area contributed by atoms with Gasteiger partial charge in [0, 0.05) is 6.54 Å². The van der Waals surface area contributed by atoms with Crippen LogP contribution in [-0.2, 0) is 4.74 Å². The Labute approximate surface area is 69.1 Å². The predicted molar refractivity (Wildman–Crippen MR) is 37.9 cm³/mol. The van der Waals surface area contributed by atoms with Gasteiger partial charge in [0.2, 0.25) is 0 Å². The number of hydrogen-bond acceptors (Lipinski definition) is 2. The fourth-order valence-electron chi connectivity index (χ4n) is 1.11. The molecule has 0 bridgehead atoms. The minimum Gasteiger partial charge on any atom is -0.376 e.